The van der Waals surface area contributed by atoms with Crippen molar-refractivity contribution in [1.29, 1.82) is 0 Å². The monoisotopic (exact) mass is 573 g/mol. The standard InChI is InChI=1S/C31H31N3O8/c1-4-8-18-15-19(16-27(41-3)31(18)42-26-14-13-20(33(37)38)17-23(26)34(39)40)28-29-21(9-6-11-24(29)35)32(5-2)22-10-7-12-25(36)30(22)28/h4,13-17,28H,1,5-12H2,2-3H3. The van der Waals surface area contributed by atoms with Gasteiger partial charge < -0.3 is 14.4 Å². The van der Waals surface area contributed by atoms with E-state index in [9.17, 15) is 29.8 Å². The number of rotatable bonds is 9. The highest BCUT2D eigenvalue weighted by atomic mass is 16.6. The van der Waals surface area contributed by atoms with E-state index in [1.54, 1.807) is 12.1 Å². The molecular weight excluding hydrogens is 542 g/mol. The number of hydrogen-bond donors (Lipinski definition) is 0. The number of carbonyl (C=O) groups is 2. The summed E-state index contributed by atoms with van der Waals surface area (Å²) in [5.41, 5.74) is 3.47. The van der Waals surface area contributed by atoms with Gasteiger partial charge in [0.1, 0.15) is 0 Å². The van der Waals surface area contributed by atoms with Crippen LogP contribution >= 0.6 is 0 Å². The molecule has 2 aromatic rings. The van der Waals surface area contributed by atoms with Crippen molar-refractivity contribution in [2.45, 2.75) is 57.8 Å². The van der Waals surface area contributed by atoms with Gasteiger partial charge in [-0.15, -0.1) is 6.58 Å². The van der Waals surface area contributed by atoms with E-state index in [0.29, 0.717) is 41.7 Å². The molecule has 0 unspecified atom stereocenters. The zero-order chi connectivity index (χ0) is 30.1. The number of ketones is 2. The predicted molar refractivity (Wildman–Crippen MR) is 154 cm³/mol. The molecule has 0 spiro atoms. The number of benzene rings is 2. The minimum absolute atomic E-state index is 0.0238. The molecule has 0 bridgehead atoms. The molecule has 1 heterocycles. The summed E-state index contributed by atoms with van der Waals surface area (Å²) in [6.07, 6.45) is 5.75. The predicted octanol–water partition coefficient (Wildman–Crippen LogP) is 6.47. The Hall–Kier alpha value is -4.80. The first-order chi connectivity index (χ1) is 20.2. The number of allylic oxidation sites excluding steroid dienone is 5. The molecule has 0 radical (unpaired) electrons. The topological polar surface area (TPSA) is 142 Å². The fraction of sp³-hybridized carbons (Fsp3) is 0.355. The number of nitro groups is 2. The second-order valence-corrected chi connectivity index (χ2v) is 10.4. The Balaban J connectivity index is 1.70. The molecule has 0 atom stereocenters. The second kappa shape index (κ2) is 11.6. The summed E-state index contributed by atoms with van der Waals surface area (Å²) in [6.45, 7) is 6.54. The van der Waals surface area contributed by atoms with Crippen molar-refractivity contribution in [3.8, 4) is 17.2 Å². The first-order valence-electron chi connectivity index (χ1n) is 13.9. The van der Waals surface area contributed by atoms with Gasteiger partial charge in [0.2, 0.25) is 5.75 Å². The number of ether oxygens (including phenoxy) is 2. The summed E-state index contributed by atoms with van der Waals surface area (Å²) in [5, 5.41) is 23.0. The average Bonchev–Trinajstić information content (AvgIpc) is 2.97. The van der Waals surface area contributed by atoms with Gasteiger partial charge in [-0.2, -0.15) is 0 Å². The Labute approximate surface area is 242 Å². The van der Waals surface area contributed by atoms with Crippen LogP contribution in [0, 0.1) is 20.2 Å². The Kier molecular flexibility index (Phi) is 7.93. The van der Waals surface area contributed by atoms with Gasteiger partial charge in [0, 0.05) is 59.5 Å². The van der Waals surface area contributed by atoms with Gasteiger partial charge in [-0.1, -0.05) is 12.1 Å². The first-order valence-corrected chi connectivity index (χ1v) is 13.9. The van der Waals surface area contributed by atoms with Crippen molar-refractivity contribution in [2.75, 3.05) is 13.7 Å². The van der Waals surface area contributed by atoms with Crippen LogP contribution in [0.3, 0.4) is 0 Å². The summed E-state index contributed by atoms with van der Waals surface area (Å²) >= 11 is 0. The molecule has 2 aromatic carbocycles. The third kappa shape index (κ3) is 4.95. The van der Waals surface area contributed by atoms with Crippen molar-refractivity contribution in [3.63, 3.8) is 0 Å². The number of Topliss-reactive ketones (excluding diaryl/α,β-unsaturated/α-hetero) is 2. The van der Waals surface area contributed by atoms with Crippen LogP contribution in [-0.4, -0.2) is 40.0 Å². The Bertz CT molecular complexity index is 1540. The lowest BCUT2D eigenvalue weighted by Gasteiger charge is -2.43. The van der Waals surface area contributed by atoms with Crippen LogP contribution in [0.1, 0.15) is 62.5 Å². The van der Waals surface area contributed by atoms with Gasteiger partial charge in [-0.05, 0) is 56.7 Å². The van der Waals surface area contributed by atoms with Gasteiger partial charge in [0.05, 0.1) is 23.0 Å². The molecule has 11 heteroatoms. The lowest BCUT2D eigenvalue weighted by atomic mass is 9.70. The smallest absolute Gasteiger partial charge is 0.318 e. The third-order valence-corrected chi connectivity index (χ3v) is 8.04. The molecule has 42 heavy (non-hydrogen) atoms. The molecule has 0 amide bonds. The lowest BCUT2D eigenvalue weighted by molar-refractivity contribution is -0.394. The molecule has 2 aliphatic carbocycles. The zero-order valence-corrected chi connectivity index (χ0v) is 23.5. The van der Waals surface area contributed by atoms with Crippen molar-refractivity contribution in [3.05, 3.63) is 96.9 Å². The van der Waals surface area contributed by atoms with Crippen LogP contribution in [0.5, 0.6) is 17.2 Å². The number of nitrogens with zero attached hydrogens (tertiary/aromatic N) is 3. The maximum atomic E-state index is 13.5. The van der Waals surface area contributed by atoms with E-state index in [4.69, 9.17) is 9.47 Å². The largest absolute Gasteiger partial charge is 0.493 e. The van der Waals surface area contributed by atoms with E-state index in [1.807, 2.05) is 13.0 Å². The third-order valence-electron chi connectivity index (χ3n) is 8.04. The van der Waals surface area contributed by atoms with Crippen molar-refractivity contribution >= 4 is 22.9 Å². The number of hydrogen-bond acceptors (Lipinski definition) is 9. The minimum atomic E-state index is -0.747. The highest BCUT2D eigenvalue weighted by molar-refractivity contribution is 6.06. The van der Waals surface area contributed by atoms with Gasteiger partial charge in [-0.25, -0.2) is 0 Å². The highest BCUT2D eigenvalue weighted by Gasteiger charge is 2.43. The van der Waals surface area contributed by atoms with Crippen LogP contribution < -0.4 is 9.47 Å². The summed E-state index contributed by atoms with van der Waals surface area (Å²) < 4.78 is 11.8. The molecule has 0 N–H and O–H groups in total. The Morgan fingerprint density at radius 3 is 2.12 bits per heavy atom. The average molecular weight is 574 g/mol. The van der Waals surface area contributed by atoms with Crippen LogP contribution in [0.15, 0.2) is 65.5 Å². The molecule has 5 rings (SSSR count). The molecule has 0 fully saturated rings. The van der Waals surface area contributed by atoms with Gasteiger partial charge in [0.15, 0.2) is 23.1 Å². The van der Waals surface area contributed by atoms with Gasteiger partial charge >= 0.3 is 5.69 Å². The number of nitro benzene ring substituents is 2. The Morgan fingerprint density at radius 1 is 0.952 bits per heavy atom. The molecule has 11 nitrogen and oxygen atoms in total. The van der Waals surface area contributed by atoms with Crippen molar-refractivity contribution in [1.82, 2.24) is 4.90 Å². The number of carbonyl (C=O) groups excluding carboxylic acids is 2. The Morgan fingerprint density at radius 2 is 1.60 bits per heavy atom. The SMILES string of the molecule is C=CCc1cc(C2C3=C(CCCC3=O)N(CC)C3=C2C(=O)CCC3)cc(OC)c1Oc1ccc([N+](=O)[O-])cc1[N+](=O)[O-]. The molecule has 0 saturated carbocycles. The molecule has 0 aromatic heterocycles. The summed E-state index contributed by atoms with van der Waals surface area (Å²) in [5.74, 6) is -0.300. The second-order valence-electron chi connectivity index (χ2n) is 10.4. The van der Waals surface area contributed by atoms with E-state index >= 15 is 0 Å². The molecule has 1 aliphatic heterocycles. The summed E-state index contributed by atoms with van der Waals surface area (Å²) in [4.78, 5) is 50.7. The summed E-state index contributed by atoms with van der Waals surface area (Å²) in [7, 11) is 1.43. The minimum Gasteiger partial charge on any atom is -0.493 e. The molecule has 0 saturated heterocycles. The summed E-state index contributed by atoms with van der Waals surface area (Å²) in [6, 6.07) is 6.70. The fourth-order valence-electron chi connectivity index (χ4n) is 6.31. The van der Waals surface area contributed by atoms with E-state index in [-0.39, 0.29) is 35.2 Å². The van der Waals surface area contributed by atoms with E-state index < -0.39 is 27.1 Å². The van der Waals surface area contributed by atoms with Gasteiger partial charge in [-0.3, -0.25) is 29.8 Å². The first kappa shape index (κ1) is 28.7. The van der Waals surface area contributed by atoms with Crippen LogP contribution in [-0.2, 0) is 16.0 Å². The van der Waals surface area contributed by atoms with Crippen molar-refractivity contribution < 1.29 is 28.9 Å². The maximum absolute atomic E-state index is 13.5. The van der Waals surface area contributed by atoms with Crippen LogP contribution in [0.25, 0.3) is 0 Å². The number of non-ortho nitro benzene ring substituents is 1. The highest BCUT2D eigenvalue weighted by Crippen LogP contribution is 2.51. The van der Waals surface area contributed by atoms with Crippen LogP contribution in [0.4, 0.5) is 11.4 Å². The van der Waals surface area contributed by atoms with Crippen molar-refractivity contribution in [2.24, 2.45) is 0 Å². The quantitative estimate of drug-likeness (QED) is 0.187. The molecule has 3 aliphatic rings. The zero-order valence-electron chi connectivity index (χ0n) is 23.5. The fourth-order valence-corrected chi connectivity index (χ4v) is 6.31. The number of methoxy groups -OCH3 is 1. The normalized spacial score (nSPS) is 17.1. The van der Waals surface area contributed by atoms with Crippen LogP contribution in [0.2, 0.25) is 0 Å². The van der Waals surface area contributed by atoms with E-state index in [2.05, 4.69) is 11.5 Å². The van der Waals surface area contributed by atoms with Gasteiger partial charge in [0.25, 0.3) is 5.69 Å². The van der Waals surface area contributed by atoms with E-state index in [0.717, 1.165) is 49.2 Å². The molecular formula is C31H31N3O8. The molecule has 218 valence electrons. The lowest BCUT2D eigenvalue weighted by Crippen LogP contribution is -2.39. The van der Waals surface area contributed by atoms with E-state index in [1.165, 1.54) is 13.2 Å². The maximum Gasteiger partial charge on any atom is 0.318 e.